The van der Waals surface area contributed by atoms with Crippen LogP contribution in [0.2, 0.25) is 0 Å². The van der Waals surface area contributed by atoms with Crippen LogP contribution in [0.4, 0.5) is 14.9 Å². The second-order valence-electron chi connectivity index (χ2n) is 8.93. The van der Waals surface area contributed by atoms with Crippen LogP contribution < -0.4 is 10.2 Å². The molecule has 3 aromatic rings. The Bertz CT molecular complexity index is 1170. The first kappa shape index (κ1) is 21.9. The molecule has 1 unspecified atom stereocenters. The highest BCUT2D eigenvalue weighted by Crippen LogP contribution is 2.57. The highest BCUT2D eigenvalue weighted by Gasteiger charge is 2.62. The van der Waals surface area contributed by atoms with Gasteiger partial charge < -0.3 is 20.2 Å². The molecule has 0 aliphatic carbocycles. The zero-order chi connectivity index (χ0) is 23.7. The number of carbonyl (C=O) groups excluding carboxylic acids is 2. The summed E-state index contributed by atoms with van der Waals surface area (Å²) in [5, 5.41) is 12.7. The quantitative estimate of drug-likeness (QED) is 0.560. The zero-order valence-electron chi connectivity index (χ0n) is 18.7. The van der Waals surface area contributed by atoms with Gasteiger partial charge >= 0.3 is 6.03 Å². The van der Waals surface area contributed by atoms with Crippen molar-refractivity contribution in [2.45, 2.75) is 25.4 Å². The van der Waals surface area contributed by atoms with Gasteiger partial charge in [-0.1, -0.05) is 42.5 Å². The summed E-state index contributed by atoms with van der Waals surface area (Å²) >= 11 is 0. The molecule has 6 nitrogen and oxygen atoms in total. The molecule has 0 bridgehead atoms. The number of phenols is 1. The smallest absolute Gasteiger partial charge is 0.317 e. The summed E-state index contributed by atoms with van der Waals surface area (Å²) in [6.45, 7) is 1.39. The van der Waals surface area contributed by atoms with Crippen molar-refractivity contribution in [1.29, 1.82) is 0 Å². The van der Waals surface area contributed by atoms with Gasteiger partial charge in [-0.2, -0.15) is 0 Å². The van der Waals surface area contributed by atoms with Crippen LogP contribution in [0.25, 0.3) is 0 Å². The summed E-state index contributed by atoms with van der Waals surface area (Å²) in [5.74, 6) is -0.217. The van der Waals surface area contributed by atoms with Gasteiger partial charge in [0.1, 0.15) is 11.6 Å². The molecule has 7 heteroatoms. The number of amides is 3. The monoisotopic (exact) mass is 459 g/mol. The Morgan fingerprint density at radius 2 is 1.62 bits per heavy atom. The SMILES string of the molecule is O=C(NCc1ccccc1)N1CCC2(CC1)C(=O)N(c1ccc(F)cc1)C2c1ccc(O)cc1. The number of rotatable bonds is 4. The molecule has 2 fully saturated rings. The number of piperidine rings is 1. The normalized spacial score (nSPS) is 19.1. The zero-order valence-corrected chi connectivity index (χ0v) is 18.7. The minimum Gasteiger partial charge on any atom is -0.508 e. The number of benzene rings is 3. The minimum atomic E-state index is -0.637. The lowest BCUT2D eigenvalue weighted by Gasteiger charge is -2.59. The van der Waals surface area contributed by atoms with Crippen LogP contribution in [0.5, 0.6) is 5.75 Å². The Morgan fingerprint density at radius 3 is 2.26 bits per heavy atom. The van der Waals surface area contributed by atoms with Crippen LogP contribution in [0.15, 0.2) is 78.9 Å². The van der Waals surface area contributed by atoms with Crippen LogP contribution in [0.3, 0.4) is 0 Å². The second kappa shape index (κ2) is 8.82. The number of aromatic hydroxyl groups is 1. The predicted octanol–water partition coefficient (Wildman–Crippen LogP) is 4.61. The van der Waals surface area contributed by atoms with Gasteiger partial charge in [-0.3, -0.25) is 4.79 Å². The van der Waals surface area contributed by atoms with Gasteiger partial charge in [-0.15, -0.1) is 0 Å². The summed E-state index contributed by atoms with van der Waals surface area (Å²) < 4.78 is 13.5. The van der Waals surface area contributed by atoms with Crippen molar-refractivity contribution in [3.63, 3.8) is 0 Å². The van der Waals surface area contributed by atoms with Crippen molar-refractivity contribution in [3.05, 3.63) is 95.8 Å². The highest BCUT2D eigenvalue weighted by atomic mass is 19.1. The van der Waals surface area contributed by atoms with E-state index < -0.39 is 5.41 Å². The second-order valence-corrected chi connectivity index (χ2v) is 8.93. The number of likely N-dealkylation sites (tertiary alicyclic amines) is 1. The van der Waals surface area contributed by atoms with Gasteiger partial charge in [-0.25, -0.2) is 9.18 Å². The van der Waals surface area contributed by atoms with Gasteiger partial charge in [0.2, 0.25) is 5.91 Å². The Labute approximate surface area is 197 Å². The number of carbonyl (C=O) groups is 2. The maximum absolute atomic E-state index is 13.5. The molecule has 1 spiro atoms. The number of urea groups is 1. The Morgan fingerprint density at radius 1 is 0.971 bits per heavy atom. The number of β-lactam (4-membered cyclic amide) rings is 1. The van der Waals surface area contributed by atoms with E-state index >= 15 is 0 Å². The van der Waals surface area contributed by atoms with E-state index in [0.29, 0.717) is 38.2 Å². The van der Waals surface area contributed by atoms with Crippen LogP contribution in [0, 0.1) is 11.2 Å². The average Bonchev–Trinajstić information content (AvgIpc) is 2.88. The standard InChI is InChI=1S/C27H26FN3O3/c28-21-8-10-22(11-9-21)31-24(20-6-12-23(32)13-7-20)27(25(31)33)14-16-30(17-15-27)26(34)29-18-19-4-2-1-3-5-19/h1-13,24,32H,14-18H2,(H,29,34). The third-order valence-electron chi connectivity index (χ3n) is 6.97. The van der Waals surface area contributed by atoms with Crippen molar-refractivity contribution in [2.24, 2.45) is 5.41 Å². The number of hydrogen-bond acceptors (Lipinski definition) is 3. The molecule has 34 heavy (non-hydrogen) atoms. The van der Waals surface area contributed by atoms with Gasteiger partial charge in [0.15, 0.2) is 0 Å². The molecular formula is C27H26FN3O3. The van der Waals surface area contributed by atoms with E-state index in [9.17, 15) is 19.1 Å². The van der Waals surface area contributed by atoms with Crippen LogP contribution in [-0.4, -0.2) is 35.0 Å². The van der Waals surface area contributed by atoms with Crippen LogP contribution in [-0.2, 0) is 11.3 Å². The first-order valence-corrected chi connectivity index (χ1v) is 11.4. The van der Waals surface area contributed by atoms with Gasteiger partial charge in [0, 0.05) is 25.3 Å². The fraction of sp³-hybridized carbons (Fsp3) is 0.259. The maximum atomic E-state index is 13.5. The molecule has 2 aliphatic rings. The number of phenolic OH excluding ortho intramolecular Hbond substituents is 1. The minimum absolute atomic E-state index is 0.0125. The lowest BCUT2D eigenvalue weighted by atomic mass is 9.62. The van der Waals surface area contributed by atoms with E-state index in [0.717, 1.165) is 11.1 Å². The number of hydrogen-bond donors (Lipinski definition) is 2. The topological polar surface area (TPSA) is 72.9 Å². The van der Waals surface area contributed by atoms with Gasteiger partial charge in [-0.05, 0) is 60.4 Å². The molecule has 2 aliphatic heterocycles. The van der Waals surface area contributed by atoms with Gasteiger partial charge in [0.05, 0.1) is 11.5 Å². The molecule has 174 valence electrons. The third-order valence-corrected chi connectivity index (χ3v) is 6.97. The molecule has 0 aromatic heterocycles. The molecular weight excluding hydrogens is 433 g/mol. The molecule has 3 amide bonds. The first-order chi connectivity index (χ1) is 16.5. The predicted molar refractivity (Wildman–Crippen MR) is 127 cm³/mol. The van der Waals surface area contributed by atoms with Gasteiger partial charge in [0.25, 0.3) is 0 Å². The summed E-state index contributed by atoms with van der Waals surface area (Å²) in [6.07, 6.45) is 1.07. The van der Waals surface area contributed by atoms with E-state index in [1.165, 1.54) is 12.1 Å². The van der Waals surface area contributed by atoms with E-state index in [4.69, 9.17) is 0 Å². The van der Waals surface area contributed by atoms with Crippen molar-refractivity contribution in [1.82, 2.24) is 10.2 Å². The van der Waals surface area contributed by atoms with E-state index in [1.807, 2.05) is 42.5 Å². The van der Waals surface area contributed by atoms with Crippen molar-refractivity contribution < 1.29 is 19.1 Å². The van der Waals surface area contributed by atoms with E-state index in [-0.39, 0.29) is 29.5 Å². The highest BCUT2D eigenvalue weighted by molar-refractivity contribution is 6.06. The van der Waals surface area contributed by atoms with Crippen molar-refractivity contribution >= 4 is 17.6 Å². The Kier molecular flexibility index (Phi) is 5.69. The molecule has 2 heterocycles. The lowest BCUT2D eigenvalue weighted by Crippen LogP contribution is -2.67. The number of nitrogens with zero attached hydrogens (tertiary/aromatic N) is 2. The van der Waals surface area contributed by atoms with E-state index in [2.05, 4.69) is 5.32 Å². The summed E-state index contributed by atoms with van der Waals surface area (Å²) in [5.41, 5.74) is 1.93. The number of anilines is 1. The summed E-state index contributed by atoms with van der Waals surface area (Å²) in [6, 6.07) is 22.1. The largest absolute Gasteiger partial charge is 0.508 e. The maximum Gasteiger partial charge on any atom is 0.317 e. The Hall–Kier alpha value is -3.87. The van der Waals surface area contributed by atoms with Crippen LogP contribution in [0.1, 0.15) is 30.0 Å². The molecule has 3 aromatic carbocycles. The summed E-state index contributed by atoms with van der Waals surface area (Å²) in [4.78, 5) is 29.7. The molecule has 2 N–H and O–H groups in total. The first-order valence-electron chi connectivity index (χ1n) is 11.4. The molecule has 2 saturated heterocycles. The van der Waals surface area contributed by atoms with Crippen molar-refractivity contribution in [3.8, 4) is 5.75 Å². The molecule has 1 atom stereocenters. The third kappa shape index (κ3) is 3.87. The number of halogens is 1. The average molecular weight is 460 g/mol. The summed E-state index contributed by atoms with van der Waals surface area (Å²) in [7, 11) is 0. The van der Waals surface area contributed by atoms with Crippen LogP contribution >= 0.6 is 0 Å². The Balaban J connectivity index is 1.33. The molecule has 5 rings (SSSR count). The molecule has 0 saturated carbocycles. The van der Waals surface area contributed by atoms with Crippen molar-refractivity contribution in [2.75, 3.05) is 18.0 Å². The van der Waals surface area contributed by atoms with E-state index in [1.54, 1.807) is 34.1 Å². The molecule has 0 radical (unpaired) electrons. The fourth-order valence-electron chi connectivity index (χ4n) is 5.13. The fourth-order valence-corrected chi connectivity index (χ4v) is 5.13. The lowest BCUT2D eigenvalue weighted by molar-refractivity contribution is -0.144. The number of nitrogens with one attached hydrogen (secondary N) is 1.